The molecule has 0 aliphatic carbocycles. The van der Waals surface area contributed by atoms with Crippen LogP contribution in [0.3, 0.4) is 0 Å². The van der Waals surface area contributed by atoms with Crippen LogP contribution in [0, 0.1) is 0 Å². The second-order valence-electron chi connectivity index (χ2n) is 5.27. The summed E-state index contributed by atoms with van der Waals surface area (Å²) in [5.41, 5.74) is 0.968. The molecule has 6 heteroatoms. The fourth-order valence-electron chi connectivity index (χ4n) is 2.41. The number of para-hydroxylation sites is 1. The Labute approximate surface area is 138 Å². The van der Waals surface area contributed by atoms with E-state index in [0.717, 1.165) is 11.4 Å². The molecule has 0 aliphatic rings. The number of benzene rings is 1. The van der Waals surface area contributed by atoms with Crippen molar-refractivity contribution in [1.82, 2.24) is 14.9 Å². The van der Waals surface area contributed by atoms with Crippen molar-refractivity contribution in [3.8, 4) is 5.75 Å². The fraction of sp³-hybridized carbons (Fsp3) is 0.235. The summed E-state index contributed by atoms with van der Waals surface area (Å²) in [6.45, 7) is 2.49. The predicted molar refractivity (Wildman–Crippen MR) is 90.7 cm³/mol. The highest BCUT2D eigenvalue weighted by molar-refractivity contribution is 7.11. The van der Waals surface area contributed by atoms with Gasteiger partial charge in [0.15, 0.2) is 0 Å². The zero-order valence-electron chi connectivity index (χ0n) is 13.0. The van der Waals surface area contributed by atoms with Crippen LogP contribution in [0.4, 0.5) is 0 Å². The van der Waals surface area contributed by atoms with Crippen molar-refractivity contribution >= 4 is 28.1 Å². The number of hydrogen-bond acceptors (Lipinski definition) is 5. The van der Waals surface area contributed by atoms with Gasteiger partial charge in [-0.3, -0.25) is 9.78 Å². The first-order valence-corrected chi connectivity index (χ1v) is 8.17. The number of aromatic hydroxyl groups is 1. The molecule has 0 radical (unpaired) electrons. The number of hydrogen-bond donors (Lipinski definition) is 1. The molecule has 1 aromatic carbocycles. The molecule has 0 fully saturated rings. The van der Waals surface area contributed by atoms with Crippen LogP contribution in [0.2, 0.25) is 0 Å². The third-order valence-electron chi connectivity index (χ3n) is 3.64. The van der Waals surface area contributed by atoms with E-state index in [4.69, 9.17) is 0 Å². The zero-order valence-corrected chi connectivity index (χ0v) is 13.8. The molecular formula is C17H17N3O2S. The number of aryl methyl sites for hydroxylation is 1. The lowest BCUT2D eigenvalue weighted by Gasteiger charge is -2.17. The Morgan fingerprint density at radius 3 is 2.78 bits per heavy atom. The maximum atomic E-state index is 12.8. The topological polar surface area (TPSA) is 66.3 Å². The Bertz CT molecular complexity index is 860. The van der Waals surface area contributed by atoms with Crippen LogP contribution in [-0.2, 0) is 13.0 Å². The van der Waals surface area contributed by atoms with Crippen molar-refractivity contribution in [2.45, 2.75) is 19.9 Å². The van der Waals surface area contributed by atoms with E-state index in [0.29, 0.717) is 17.4 Å². The number of pyridine rings is 1. The number of nitrogens with zero attached hydrogens (tertiary/aromatic N) is 3. The minimum Gasteiger partial charge on any atom is -0.505 e. The Hall–Kier alpha value is -2.47. The van der Waals surface area contributed by atoms with Crippen LogP contribution >= 0.6 is 11.3 Å². The average Bonchev–Trinajstić information content (AvgIpc) is 3.01. The molecule has 5 nitrogen and oxygen atoms in total. The first kappa shape index (κ1) is 15.4. The average molecular weight is 327 g/mol. The van der Waals surface area contributed by atoms with Crippen LogP contribution in [0.5, 0.6) is 5.75 Å². The number of aromatic nitrogens is 2. The van der Waals surface area contributed by atoms with E-state index >= 15 is 0 Å². The molecule has 0 aliphatic heterocycles. The molecule has 2 aromatic heterocycles. The summed E-state index contributed by atoms with van der Waals surface area (Å²) in [6, 6.07) is 7.29. The Balaban J connectivity index is 1.91. The SMILES string of the molecule is CCc1cnc(CN(C)C(=O)c2c(O)cnc3ccccc23)s1. The molecule has 0 saturated carbocycles. The van der Waals surface area contributed by atoms with Crippen molar-refractivity contribution in [3.05, 3.63) is 52.1 Å². The molecule has 1 amide bonds. The van der Waals surface area contributed by atoms with Gasteiger partial charge in [0.25, 0.3) is 5.91 Å². The maximum absolute atomic E-state index is 12.8. The van der Waals surface area contributed by atoms with Crippen LogP contribution < -0.4 is 0 Å². The van der Waals surface area contributed by atoms with Gasteiger partial charge in [-0.25, -0.2) is 4.98 Å². The van der Waals surface area contributed by atoms with Crippen molar-refractivity contribution < 1.29 is 9.90 Å². The lowest BCUT2D eigenvalue weighted by Crippen LogP contribution is -2.26. The van der Waals surface area contributed by atoms with Gasteiger partial charge in [-0.2, -0.15) is 0 Å². The highest BCUT2D eigenvalue weighted by atomic mass is 32.1. The van der Waals surface area contributed by atoms with E-state index in [1.54, 1.807) is 29.4 Å². The quantitative estimate of drug-likeness (QED) is 0.799. The summed E-state index contributed by atoms with van der Waals surface area (Å²) in [5.74, 6) is -0.344. The summed E-state index contributed by atoms with van der Waals surface area (Å²) in [4.78, 5) is 24.0. The minimum atomic E-state index is -0.241. The number of rotatable bonds is 4. The fourth-order valence-corrected chi connectivity index (χ4v) is 3.32. The van der Waals surface area contributed by atoms with Gasteiger partial charge in [0, 0.05) is 23.5 Å². The third-order valence-corrected chi connectivity index (χ3v) is 4.76. The van der Waals surface area contributed by atoms with E-state index in [9.17, 15) is 9.90 Å². The zero-order chi connectivity index (χ0) is 16.4. The molecule has 2 heterocycles. The molecule has 0 spiro atoms. The molecule has 118 valence electrons. The lowest BCUT2D eigenvalue weighted by atomic mass is 10.1. The summed E-state index contributed by atoms with van der Waals surface area (Å²) >= 11 is 1.60. The maximum Gasteiger partial charge on any atom is 0.258 e. The largest absolute Gasteiger partial charge is 0.505 e. The molecule has 23 heavy (non-hydrogen) atoms. The van der Waals surface area contributed by atoms with Crippen molar-refractivity contribution in [1.29, 1.82) is 0 Å². The summed E-state index contributed by atoms with van der Waals surface area (Å²) in [6.07, 6.45) is 4.10. The Morgan fingerprint density at radius 2 is 2.04 bits per heavy atom. The van der Waals surface area contributed by atoms with Crippen molar-refractivity contribution in [2.24, 2.45) is 0 Å². The van der Waals surface area contributed by atoms with E-state index in [1.165, 1.54) is 11.1 Å². The normalized spacial score (nSPS) is 10.9. The summed E-state index contributed by atoms with van der Waals surface area (Å²) in [7, 11) is 1.71. The Morgan fingerprint density at radius 1 is 1.26 bits per heavy atom. The molecule has 0 bridgehead atoms. The molecule has 0 atom stereocenters. The van der Waals surface area contributed by atoms with Gasteiger partial charge in [-0.05, 0) is 12.5 Å². The van der Waals surface area contributed by atoms with Crippen LogP contribution in [0.25, 0.3) is 10.9 Å². The molecule has 3 rings (SSSR count). The van der Waals surface area contributed by atoms with E-state index in [-0.39, 0.29) is 17.2 Å². The van der Waals surface area contributed by atoms with Gasteiger partial charge < -0.3 is 10.0 Å². The highest BCUT2D eigenvalue weighted by Crippen LogP contribution is 2.27. The van der Waals surface area contributed by atoms with Crippen molar-refractivity contribution in [2.75, 3.05) is 7.05 Å². The standard InChI is InChI=1S/C17H17N3O2S/c1-3-11-8-19-15(23-11)10-20(2)17(22)16-12-6-4-5-7-13(12)18-9-14(16)21/h4-9,21H,3,10H2,1-2H3. The molecule has 3 aromatic rings. The van der Waals surface area contributed by atoms with E-state index in [2.05, 4.69) is 16.9 Å². The number of carbonyl (C=O) groups is 1. The second-order valence-corrected chi connectivity index (χ2v) is 6.47. The van der Waals surface area contributed by atoms with Crippen LogP contribution in [-0.4, -0.2) is 32.9 Å². The number of fused-ring (bicyclic) bond motifs is 1. The summed E-state index contributed by atoms with van der Waals surface area (Å²) < 4.78 is 0. The van der Waals surface area contributed by atoms with Gasteiger partial charge in [0.05, 0.1) is 23.8 Å². The highest BCUT2D eigenvalue weighted by Gasteiger charge is 2.20. The first-order valence-electron chi connectivity index (χ1n) is 7.36. The monoisotopic (exact) mass is 327 g/mol. The lowest BCUT2D eigenvalue weighted by molar-refractivity contribution is 0.0784. The van der Waals surface area contributed by atoms with E-state index < -0.39 is 0 Å². The molecule has 1 N–H and O–H groups in total. The van der Waals surface area contributed by atoms with Gasteiger partial charge in [-0.1, -0.05) is 25.1 Å². The summed E-state index contributed by atoms with van der Waals surface area (Å²) in [5, 5.41) is 11.6. The minimum absolute atomic E-state index is 0.103. The van der Waals surface area contributed by atoms with Gasteiger partial charge in [0.2, 0.25) is 0 Å². The number of thiazole rings is 1. The van der Waals surface area contributed by atoms with Gasteiger partial charge >= 0.3 is 0 Å². The van der Waals surface area contributed by atoms with E-state index in [1.807, 2.05) is 24.4 Å². The number of carbonyl (C=O) groups excluding carboxylic acids is 1. The van der Waals surface area contributed by atoms with Gasteiger partial charge in [-0.15, -0.1) is 11.3 Å². The van der Waals surface area contributed by atoms with Crippen LogP contribution in [0.1, 0.15) is 27.2 Å². The molecule has 0 saturated heterocycles. The number of amides is 1. The third kappa shape index (κ3) is 3.03. The Kier molecular flexibility index (Phi) is 4.25. The first-order chi connectivity index (χ1) is 11.1. The molecule has 0 unspecified atom stereocenters. The van der Waals surface area contributed by atoms with Crippen LogP contribution in [0.15, 0.2) is 36.7 Å². The predicted octanol–water partition coefficient (Wildman–Crippen LogP) is 3.23. The van der Waals surface area contributed by atoms with Gasteiger partial charge in [0.1, 0.15) is 10.8 Å². The second kappa shape index (κ2) is 6.34. The molecular weight excluding hydrogens is 310 g/mol. The van der Waals surface area contributed by atoms with Crippen molar-refractivity contribution in [3.63, 3.8) is 0 Å². The smallest absolute Gasteiger partial charge is 0.258 e.